The Morgan fingerprint density at radius 1 is 1.31 bits per heavy atom. The van der Waals surface area contributed by atoms with Gasteiger partial charge in [-0.25, -0.2) is 4.79 Å². The van der Waals surface area contributed by atoms with Crippen LogP contribution in [0.25, 0.3) is 0 Å². The molecule has 0 saturated carbocycles. The molecule has 2 N–H and O–H groups in total. The van der Waals surface area contributed by atoms with Crippen molar-refractivity contribution in [3.05, 3.63) is 22.7 Å². The Morgan fingerprint density at radius 3 is 2.59 bits per heavy atom. The van der Waals surface area contributed by atoms with Crippen molar-refractivity contribution in [1.82, 2.24) is 15.5 Å². The number of ether oxygens (including phenoxy) is 2. The third kappa shape index (κ3) is 4.63. The zero-order valence-corrected chi connectivity index (χ0v) is 19.9. The van der Waals surface area contributed by atoms with Crippen LogP contribution in [0.5, 0.6) is 5.75 Å². The number of piperazine rings is 1. The Hall–Kier alpha value is -2.52. The molecule has 32 heavy (non-hydrogen) atoms. The van der Waals surface area contributed by atoms with Gasteiger partial charge < -0.3 is 24.6 Å². The number of urea groups is 1. The predicted octanol–water partition coefficient (Wildman–Crippen LogP) is 1.94. The number of rotatable bonds is 7. The van der Waals surface area contributed by atoms with Gasteiger partial charge in [-0.2, -0.15) is 0 Å². The number of nitrogens with zero attached hydrogens (tertiary/aromatic N) is 2. The molecule has 1 aromatic carbocycles. The summed E-state index contributed by atoms with van der Waals surface area (Å²) in [5.74, 6) is -0.354. The summed E-state index contributed by atoms with van der Waals surface area (Å²) in [6.45, 7) is 7.54. The Kier molecular flexibility index (Phi) is 7.19. The number of imide groups is 1. The Morgan fingerprint density at radius 2 is 2.03 bits per heavy atom. The van der Waals surface area contributed by atoms with Crippen molar-refractivity contribution < 1.29 is 23.9 Å². The van der Waals surface area contributed by atoms with Gasteiger partial charge in [0.1, 0.15) is 11.3 Å². The van der Waals surface area contributed by atoms with Crippen LogP contribution in [0.2, 0.25) is 5.02 Å². The SMILES string of the molecule is COC[C@]1(C[C@H](C)C(=O)N2CCN(c3cc(C)c(Cl)c(OC)c3)[C@@H](C)C2)NC(=O)NC1=O. The summed E-state index contributed by atoms with van der Waals surface area (Å²) < 4.78 is 10.6. The number of halogens is 1. The molecule has 3 rings (SSSR count). The van der Waals surface area contributed by atoms with Gasteiger partial charge in [-0.05, 0) is 31.9 Å². The molecule has 0 spiro atoms. The van der Waals surface area contributed by atoms with E-state index in [1.54, 1.807) is 14.0 Å². The van der Waals surface area contributed by atoms with Crippen LogP contribution < -0.4 is 20.3 Å². The van der Waals surface area contributed by atoms with Crippen LogP contribution >= 0.6 is 11.6 Å². The fourth-order valence-electron chi connectivity index (χ4n) is 4.58. The van der Waals surface area contributed by atoms with Gasteiger partial charge in [0.05, 0.1) is 18.7 Å². The topological polar surface area (TPSA) is 100 Å². The second-order valence-corrected chi connectivity index (χ2v) is 9.01. The number of benzene rings is 1. The third-order valence-corrected chi connectivity index (χ3v) is 6.66. The van der Waals surface area contributed by atoms with Crippen molar-refractivity contribution in [2.75, 3.05) is 45.4 Å². The highest BCUT2D eigenvalue weighted by molar-refractivity contribution is 6.32. The molecule has 9 nitrogen and oxygen atoms in total. The molecular weight excluding hydrogens is 436 g/mol. The number of nitrogens with one attached hydrogen (secondary N) is 2. The van der Waals surface area contributed by atoms with Crippen LogP contribution in [0.1, 0.15) is 25.8 Å². The summed E-state index contributed by atoms with van der Waals surface area (Å²) in [4.78, 5) is 41.3. The maximum absolute atomic E-state index is 13.2. The second-order valence-electron chi connectivity index (χ2n) is 8.63. The van der Waals surface area contributed by atoms with E-state index in [9.17, 15) is 14.4 Å². The van der Waals surface area contributed by atoms with Crippen LogP contribution in [0.3, 0.4) is 0 Å². The monoisotopic (exact) mass is 466 g/mol. The highest BCUT2D eigenvalue weighted by Crippen LogP contribution is 2.34. The first kappa shape index (κ1) is 24.1. The zero-order valence-electron chi connectivity index (χ0n) is 19.2. The molecule has 2 aliphatic rings. The third-order valence-electron chi connectivity index (χ3n) is 6.18. The van der Waals surface area contributed by atoms with Crippen molar-refractivity contribution in [1.29, 1.82) is 0 Å². The predicted molar refractivity (Wildman–Crippen MR) is 121 cm³/mol. The molecule has 2 fully saturated rings. The minimum absolute atomic E-state index is 0.00409. The van der Waals surface area contributed by atoms with Crippen LogP contribution in [0.15, 0.2) is 12.1 Å². The summed E-state index contributed by atoms with van der Waals surface area (Å²) >= 11 is 6.30. The molecule has 0 bridgehead atoms. The Balaban J connectivity index is 1.68. The van der Waals surface area contributed by atoms with E-state index in [2.05, 4.69) is 22.5 Å². The second kappa shape index (κ2) is 9.54. The first-order valence-electron chi connectivity index (χ1n) is 10.6. The molecule has 0 radical (unpaired) electrons. The maximum atomic E-state index is 13.2. The average molecular weight is 467 g/mol. The van der Waals surface area contributed by atoms with E-state index < -0.39 is 23.4 Å². The van der Waals surface area contributed by atoms with E-state index >= 15 is 0 Å². The summed E-state index contributed by atoms with van der Waals surface area (Å²) in [6, 6.07) is 3.45. The van der Waals surface area contributed by atoms with Crippen LogP contribution in [-0.2, 0) is 14.3 Å². The minimum atomic E-state index is -1.23. The van der Waals surface area contributed by atoms with E-state index in [0.717, 1.165) is 11.3 Å². The van der Waals surface area contributed by atoms with Gasteiger partial charge in [0.15, 0.2) is 0 Å². The Bertz CT molecular complexity index is 911. The van der Waals surface area contributed by atoms with Gasteiger partial charge in [-0.3, -0.25) is 14.9 Å². The molecule has 176 valence electrons. The number of carbonyl (C=O) groups is 3. The van der Waals surface area contributed by atoms with Crippen LogP contribution in [0.4, 0.5) is 10.5 Å². The lowest BCUT2D eigenvalue weighted by molar-refractivity contribution is -0.137. The maximum Gasteiger partial charge on any atom is 0.322 e. The molecule has 2 heterocycles. The highest BCUT2D eigenvalue weighted by atomic mass is 35.5. The molecule has 1 aromatic rings. The lowest BCUT2D eigenvalue weighted by atomic mass is 9.87. The fourth-order valence-corrected chi connectivity index (χ4v) is 4.76. The summed E-state index contributed by atoms with van der Waals surface area (Å²) in [7, 11) is 3.05. The van der Waals surface area contributed by atoms with Crippen molar-refractivity contribution in [2.24, 2.45) is 5.92 Å². The van der Waals surface area contributed by atoms with Crippen molar-refractivity contribution in [3.8, 4) is 5.75 Å². The number of hydrogen-bond acceptors (Lipinski definition) is 6. The molecule has 0 aliphatic carbocycles. The molecular formula is C22H31ClN4O5. The highest BCUT2D eigenvalue weighted by Gasteiger charge is 2.48. The van der Waals surface area contributed by atoms with E-state index in [1.165, 1.54) is 7.11 Å². The number of amides is 4. The van der Waals surface area contributed by atoms with E-state index in [-0.39, 0.29) is 25.0 Å². The summed E-state index contributed by atoms with van der Waals surface area (Å²) in [6.07, 6.45) is 0.166. The lowest BCUT2D eigenvalue weighted by Crippen LogP contribution is -2.57. The van der Waals surface area contributed by atoms with Crippen molar-refractivity contribution in [2.45, 2.75) is 38.8 Å². The number of carbonyl (C=O) groups excluding carboxylic acids is 3. The fraction of sp³-hybridized carbons (Fsp3) is 0.591. The van der Waals surface area contributed by atoms with Crippen molar-refractivity contribution >= 4 is 35.1 Å². The molecule has 2 aliphatic heterocycles. The largest absolute Gasteiger partial charge is 0.495 e. The zero-order chi connectivity index (χ0) is 23.6. The smallest absolute Gasteiger partial charge is 0.322 e. The van der Waals surface area contributed by atoms with Crippen molar-refractivity contribution in [3.63, 3.8) is 0 Å². The quantitative estimate of drug-likeness (QED) is 0.596. The summed E-state index contributed by atoms with van der Waals surface area (Å²) in [5, 5.41) is 5.48. The molecule has 10 heteroatoms. The number of hydrogen-bond donors (Lipinski definition) is 2. The number of aryl methyl sites for hydroxylation is 1. The first-order valence-corrected chi connectivity index (χ1v) is 11.0. The van der Waals surface area contributed by atoms with Gasteiger partial charge in [-0.15, -0.1) is 0 Å². The first-order chi connectivity index (χ1) is 15.1. The van der Waals surface area contributed by atoms with E-state index in [0.29, 0.717) is 30.4 Å². The molecule has 4 amide bonds. The van der Waals surface area contributed by atoms with Crippen LogP contribution in [0, 0.1) is 12.8 Å². The van der Waals surface area contributed by atoms with E-state index in [1.807, 2.05) is 24.0 Å². The summed E-state index contributed by atoms with van der Waals surface area (Å²) in [5.41, 5.74) is 0.701. The minimum Gasteiger partial charge on any atom is -0.495 e. The van der Waals surface area contributed by atoms with E-state index in [4.69, 9.17) is 21.1 Å². The van der Waals surface area contributed by atoms with Gasteiger partial charge >= 0.3 is 6.03 Å². The molecule has 0 unspecified atom stereocenters. The standard InChI is InChI=1S/C22H31ClN4O5/c1-13-8-16(9-17(32-5)18(13)23)27-7-6-26(11-15(27)3)19(28)14(2)10-22(12-31-4)20(29)24-21(30)25-22/h8-9,14-15H,6-7,10-12H2,1-5H3,(H2,24,25,29,30)/t14-,15-,22-/m0/s1. The van der Waals surface area contributed by atoms with Gasteiger partial charge in [0.25, 0.3) is 5.91 Å². The molecule has 3 atom stereocenters. The lowest BCUT2D eigenvalue weighted by Gasteiger charge is -2.42. The van der Waals surface area contributed by atoms with Gasteiger partial charge in [0, 0.05) is 50.5 Å². The van der Waals surface area contributed by atoms with Gasteiger partial charge in [0.2, 0.25) is 5.91 Å². The molecule has 2 saturated heterocycles. The average Bonchev–Trinajstić information content (AvgIpc) is 3.01. The number of methoxy groups -OCH3 is 2. The number of anilines is 1. The van der Waals surface area contributed by atoms with Gasteiger partial charge in [-0.1, -0.05) is 18.5 Å². The Labute approximate surface area is 193 Å². The van der Waals surface area contributed by atoms with Crippen LogP contribution in [-0.4, -0.2) is 74.8 Å². The molecule has 0 aromatic heterocycles. The normalized spacial score (nSPS) is 24.2.